The molecule has 0 N–H and O–H groups in total. The molecule has 0 aromatic carbocycles. The van der Waals surface area contributed by atoms with E-state index in [2.05, 4.69) is 47.2 Å². The maximum absolute atomic E-state index is 4.63. The largest absolute Gasteiger partial charge is 0.298 e. The van der Waals surface area contributed by atoms with Gasteiger partial charge in [-0.3, -0.25) is 9.58 Å². The Hall–Kier alpha value is -2.21. The summed E-state index contributed by atoms with van der Waals surface area (Å²) in [5.74, 6) is 0. The molecule has 0 unspecified atom stereocenters. The SMILES string of the molecule is CCn1cc(CN(C)Cc2cnn3c(C)cc(C)nc23)cn1. The van der Waals surface area contributed by atoms with Gasteiger partial charge in [0.1, 0.15) is 0 Å². The zero-order valence-corrected chi connectivity index (χ0v) is 13.6. The van der Waals surface area contributed by atoms with E-state index in [1.165, 1.54) is 5.56 Å². The van der Waals surface area contributed by atoms with Crippen molar-refractivity contribution in [3.05, 3.63) is 47.2 Å². The summed E-state index contributed by atoms with van der Waals surface area (Å²) >= 11 is 0. The molecule has 6 heteroatoms. The summed E-state index contributed by atoms with van der Waals surface area (Å²) in [7, 11) is 2.11. The van der Waals surface area contributed by atoms with Crippen molar-refractivity contribution >= 4 is 5.65 Å². The summed E-state index contributed by atoms with van der Waals surface area (Å²) in [4.78, 5) is 6.89. The van der Waals surface area contributed by atoms with Crippen molar-refractivity contribution in [3.8, 4) is 0 Å². The van der Waals surface area contributed by atoms with Crippen molar-refractivity contribution in [2.24, 2.45) is 0 Å². The van der Waals surface area contributed by atoms with Crippen molar-refractivity contribution < 1.29 is 0 Å². The Bertz CT molecular complexity index is 785. The van der Waals surface area contributed by atoms with Gasteiger partial charge in [0.2, 0.25) is 0 Å². The van der Waals surface area contributed by atoms with Crippen LogP contribution in [-0.2, 0) is 19.6 Å². The van der Waals surface area contributed by atoms with E-state index in [1.807, 2.05) is 34.6 Å². The maximum atomic E-state index is 4.63. The van der Waals surface area contributed by atoms with Gasteiger partial charge in [0.05, 0.1) is 12.4 Å². The standard InChI is InChI=1S/C16H22N6/c1-5-21-10-14(7-17-21)9-20(4)11-15-8-18-22-13(3)6-12(2)19-16(15)22/h6-8,10H,5,9,11H2,1-4H3. The van der Waals surface area contributed by atoms with E-state index < -0.39 is 0 Å². The van der Waals surface area contributed by atoms with Gasteiger partial charge in [0.15, 0.2) is 5.65 Å². The van der Waals surface area contributed by atoms with Crippen LogP contribution in [0.4, 0.5) is 0 Å². The second kappa shape index (κ2) is 5.88. The van der Waals surface area contributed by atoms with Crippen molar-refractivity contribution in [2.45, 2.75) is 40.4 Å². The third-order valence-corrected chi connectivity index (χ3v) is 3.75. The molecule has 3 heterocycles. The number of aromatic nitrogens is 5. The number of nitrogens with zero attached hydrogens (tertiary/aromatic N) is 6. The Morgan fingerprint density at radius 2 is 1.95 bits per heavy atom. The molecule has 0 amide bonds. The minimum Gasteiger partial charge on any atom is -0.298 e. The summed E-state index contributed by atoms with van der Waals surface area (Å²) in [6.45, 7) is 8.75. The minimum absolute atomic E-state index is 0.816. The fraction of sp³-hybridized carbons (Fsp3) is 0.438. The molecule has 0 aliphatic carbocycles. The van der Waals surface area contributed by atoms with Crippen LogP contribution in [0.25, 0.3) is 5.65 Å². The first-order valence-electron chi connectivity index (χ1n) is 7.57. The average Bonchev–Trinajstić information content (AvgIpc) is 3.06. The van der Waals surface area contributed by atoms with Gasteiger partial charge < -0.3 is 0 Å². The topological polar surface area (TPSA) is 51.2 Å². The summed E-state index contributed by atoms with van der Waals surface area (Å²) in [6, 6.07) is 2.05. The van der Waals surface area contributed by atoms with Crippen molar-refractivity contribution in [3.63, 3.8) is 0 Å². The molecule has 0 saturated carbocycles. The number of aryl methyl sites for hydroxylation is 3. The van der Waals surface area contributed by atoms with E-state index in [4.69, 9.17) is 0 Å². The molecule has 0 radical (unpaired) electrons. The molecule has 0 spiro atoms. The average molecular weight is 298 g/mol. The summed E-state index contributed by atoms with van der Waals surface area (Å²) < 4.78 is 3.86. The van der Waals surface area contributed by atoms with Crippen LogP contribution in [0.2, 0.25) is 0 Å². The number of hydrogen-bond donors (Lipinski definition) is 0. The first kappa shape index (κ1) is 14.7. The van der Waals surface area contributed by atoms with Gasteiger partial charge >= 0.3 is 0 Å². The lowest BCUT2D eigenvalue weighted by Gasteiger charge is -2.14. The Morgan fingerprint density at radius 1 is 1.14 bits per heavy atom. The van der Waals surface area contributed by atoms with Crippen LogP contribution in [0.1, 0.15) is 29.4 Å². The highest BCUT2D eigenvalue weighted by molar-refractivity contribution is 5.47. The fourth-order valence-electron chi connectivity index (χ4n) is 2.75. The highest BCUT2D eigenvalue weighted by atomic mass is 15.3. The quantitative estimate of drug-likeness (QED) is 0.724. The lowest BCUT2D eigenvalue weighted by molar-refractivity contribution is 0.320. The minimum atomic E-state index is 0.816. The van der Waals surface area contributed by atoms with Crippen molar-refractivity contribution in [2.75, 3.05) is 7.05 Å². The summed E-state index contributed by atoms with van der Waals surface area (Å²) in [6.07, 6.45) is 5.95. The molecule has 0 bridgehead atoms. The molecule has 3 rings (SSSR count). The van der Waals surface area contributed by atoms with Crippen LogP contribution in [0.15, 0.2) is 24.7 Å². The van der Waals surface area contributed by atoms with Gasteiger partial charge in [0.25, 0.3) is 0 Å². The molecule has 116 valence electrons. The molecule has 0 aliphatic rings. The predicted octanol–water partition coefficient (Wildman–Crippen LogP) is 2.19. The number of fused-ring (bicyclic) bond motifs is 1. The van der Waals surface area contributed by atoms with E-state index in [1.54, 1.807) is 0 Å². The van der Waals surface area contributed by atoms with Gasteiger partial charge in [-0.15, -0.1) is 0 Å². The number of hydrogen-bond acceptors (Lipinski definition) is 4. The molecule has 0 atom stereocenters. The lowest BCUT2D eigenvalue weighted by atomic mass is 10.2. The molecule has 3 aromatic rings. The van der Waals surface area contributed by atoms with Crippen LogP contribution in [0.3, 0.4) is 0 Å². The molecule has 0 saturated heterocycles. The van der Waals surface area contributed by atoms with Crippen LogP contribution in [0.5, 0.6) is 0 Å². The third kappa shape index (κ3) is 2.87. The van der Waals surface area contributed by atoms with Crippen LogP contribution in [-0.4, -0.2) is 36.3 Å². The van der Waals surface area contributed by atoms with E-state index in [0.717, 1.165) is 42.2 Å². The summed E-state index contributed by atoms with van der Waals surface area (Å²) in [5, 5.41) is 8.77. The van der Waals surface area contributed by atoms with Gasteiger partial charge in [-0.05, 0) is 33.9 Å². The molecule has 0 aliphatic heterocycles. The molecular formula is C16H22N6. The zero-order valence-electron chi connectivity index (χ0n) is 13.6. The second-order valence-corrected chi connectivity index (χ2v) is 5.82. The van der Waals surface area contributed by atoms with E-state index >= 15 is 0 Å². The molecule has 6 nitrogen and oxygen atoms in total. The molecule has 3 aromatic heterocycles. The molecular weight excluding hydrogens is 276 g/mol. The van der Waals surface area contributed by atoms with Crippen molar-refractivity contribution in [1.29, 1.82) is 0 Å². The van der Waals surface area contributed by atoms with E-state index in [-0.39, 0.29) is 0 Å². The Labute approximate surface area is 130 Å². The highest BCUT2D eigenvalue weighted by Gasteiger charge is 2.11. The smallest absolute Gasteiger partial charge is 0.159 e. The summed E-state index contributed by atoms with van der Waals surface area (Å²) in [5.41, 5.74) is 5.46. The van der Waals surface area contributed by atoms with E-state index in [0.29, 0.717) is 0 Å². The number of rotatable bonds is 5. The normalized spacial score (nSPS) is 11.7. The molecule has 22 heavy (non-hydrogen) atoms. The monoisotopic (exact) mass is 298 g/mol. The Balaban J connectivity index is 1.77. The highest BCUT2D eigenvalue weighted by Crippen LogP contribution is 2.14. The Kier molecular flexibility index (Phi) is 3.94. The third-order valence-electron chi connectivity index (χ3n) is 3.75. The second-order valence-electron chi connectivity index (χ2n) is 5.82. The van der Waals surface area contributed by atoms with Gasteiger partial charge in [0, 0.05) is 48.3 Å². The first-order valence-corrected chi connectivity index (χ1v) is 7.57. The fourth-order valence-corrected chi connectivity index (χ4v) is 2.75. The zero-order chi connectivity index (χ0) is 15.7. The first-order chi connectivity index (χ1) is 10.6. The lowest BCUT2D eigenvalue weighted by Crippen LogP contribution is -2.17. The van der Waals surface area contributed by atoms with Crippen LogP contribution < -0.4 is 0 Å². The van der Waals surface area contributed by atoms with E-state index in [9.17, 15) is 0 Å². The maximum Gasteiger partial charge on any atom is 0.159 e. The molecule has 0 fully saturated rings. The van der Waals surface area contributed by atoms with Gasteiger partial charge in [-0.1, -0.05) is 0 Å². The van der Waals surface area contributed by atoms with Crippen LogP contribution >= 0.6 is 0 Å². The predicted molar refractivity (Wildman–Crippen MR) is 85.5 cm³/mol. The van der Waals surface area contributed by atoms with Gasteiger partial charge in [-0.2, -0.15) is 10.2 Å². The van der Waals surface area contributed by atoms with Crippen LogP contribution in [0, 0.1) is 13.8 Å². The van der Waals surface area contributed by atoms with Crippen molar-refractivity contribution in [1.82, 2.24) is 29.3 Å². The van der Waals surface area contributed by atoms with Gasteiger partial charge in [-0.25, -0.2) is 9.50 Å². The Morgan fingerprint density at radius 3 is 2.68 bits per heavy atom.